The molecule has 1 aliphatic heterocycles. The number of likely N-dealkylation sites (N-methyl/N-ethyl adjacent to an activating group) is 1. The van der Waals surface area contributed by atoms with Crippen molar-refractivity contribution in [3.05, 3.63) is 35.4 Å². The van der Waals surface area contributed by atoms with Crippen LogP contribution in [-0.4, -0.2) is 67.4 Å². The minimum atomic E-state index is -0.413. The highest BCUT2D eigenvalue weighted by molar-refractivity contribution is 5.31. The number of rotatable bonds is 6. The van der Waals surface area contributed by atoms with Crippen molar-refractivity contribution in [1.82, 2.24) is 9.80 Å². The molecule has 1 aromatic carbocycles. The average molecular weight is 332 g/mol. The van der Waals surface area contributed by atoms with E-state index in [0.29, 0.717) is 19.2 Å². The zero-order chi connectivity index (χ0) is 16.9. The molecule has 2 aliphatic rings. The van der Waals surface area contributed by atoms with Gasteiger partial charge in [0.15, 0.2) is 0 Å². The number of hydrogen-bond acceptors (Lipinski definition) is 4. The quantitative estimate of drug-likeness (QED) is 0.868. The van der Waals surface area contributed by atoms with Crippen LogP contribution >= 0.6 is 0 Å². The summed E-state index contributed by atoms with van der Waals surface area (Å²) in [5.41, 5.74) is 2.73. The second-order valence-electron chi connectivity index (χ2n) is 7.54. The highest BCUT2D eigenvalue weighted by atomic mass is 16.5. The van der Waals surface area contributed by atoms with Crippen molar-refractivity contribution in [2.75, 3.05) is 40.3 Å². The van der Waals surface area contributed by atoms with Gasteiger partial charge in [0, 0.05) is 12.6 Å². The van der Waals surface area contributed by atoms with Crippen LogP contribution in [0.4, 0.5) is 0 Å². The minimum Gasteiger partial charge on any atom is -0.389 e. The fraction of sp³-hybridized carbons (Fsp3) is 0.700. The lowest BCUT2D eigenvalue weighted by atomic mass is 9.89. The van der Waals surface area contributed by atoms with Crippen molar-refractivity contribution >= 4 is 0 Å². The van der Waals surface area contributed by atoms with Crippen LogP contribution in [0.2, 0.25) is 0 Å². The summed E-state index contributed by atoms with van der Waals surface area (Å²) in [6.07, 6.45) is 5.51. The SMILES string of the molecule is CN1CCC(N(C)C[C@H](O)CO[C@H]2CCCc3ccccc32)CC1. The third-order valence-electron chi connectivity index (χ3n) is 5.61. The van der Waals surface area contributed by atoms with Crippen molar-refractivity contribution < 1.29 is 9.84 Å². The summed E-state index contributed by atoms with van der Waals surface area (Å²) in [5, 5.41) is 10.4. The minimum absolute atomic E-state index is 0.151. The summed E-state index contributed by atoms with van der Waals surface area (Å²) in [4.78, 5) is 4.69. The van der Waals surface area contributed by atoms with E-state index in [1.807, 2.05) is 0 Å². The topological polar surface area (TPSA) is 35.9 Å². The summed E-state index contributed by atoms with van der Waals surface area (Å²) in [5.74, 6) is 0. The van der Waals surface area contributed by atoms with Gasteiger partial charge >= 0.3 is 0 Å². The summed E-state index contributed by atoms with van der Waals surface area (Å²) in [6.45, 7) is 3.43. The molecule has 0 saturated carbocycles. The van der Waals surface area contributed by atoms with Crippen molar-refractivity contribution in [1.29, 1.82) is 0 Å². The molecular weight excluding hydrogens is 300 g/mol. The van der Waals surface area contributed by atoms with Crippen LogP contribution in [0.15, 0.2) is 24.3 Å². The molecule has 1 fully saturated rings. The summed E-state index contributed by atoms with van der Waals surface area (Å²) in [6, 6.07) is 9.16. The molecule has 1 aromatic rings. The fourth-order valence-electron chi connectivity index (χ4n) is 4.08. The van der Waals surface area contributed by atoms with E-state index in [1.165, 1.54) is 30.4 Å². The summed E-state index contributed by atoms with van der Waals surface area (Å²) in [7, 11) is 4.32. The Kier molecular flexibility index (Phi) is 6.28. The number of fused-ring (bicyclic) bond motifs is 1. The Morgan fingerprint density at radius 1 is 1.25 bits per heavy atom. The van der Waals surface area contributed by atoms with Crippen molar-refractivity contribution in [2.45, 2.75) is 50.4 Å². The smallest absolute Gasteiger partial charge is 0.0900 e. The molecule has 2 atom stereocenters. The Balaban J connectivity index is 1.45. The van der Waals surface area contributed by atoms with E-state index in [0.717, 1.165) is 25.9 Å². The van der Waals surface area contributed by atoms with Gasteiger partial charge in [-0.05, 0) is 70.4 Å². The van der Waals surface area contributed by atoms with Crippen molar-refractivity contribution in [3.8, 4) is 0 Å². The maximum atomic E-state index is 10.4. The normalized spacial score (nSPS) is 24.1. The van der Waals surface area contributed by atoms with Crippen molar-refractivity contribution in [3.63, 3.8) is 0 Å². The Labute approximate surface area is 146 Å². The molecule has 4 heteroatoms. The second-order valence-corrected chi connectivity index (χ2v) is 7.54. The lowest BCUT2D eigenvalue weighted by molar-refractivity contribution is -0.0316. The molecule has 1 heterocycles. The van der Waals surface area contributed by atoms with Crippen LogP contribution in [0, 0.1) is 0 Å². The lowest BCUT2D eigenvalue weighted by Gasteiger charge is -2.36. The summed E-state index contributed by atoms with van der Waals surface area (Å²) < 4.78 is 6.09. The van der Waals surface area contributed by atoms with Crippen LogP contribution in [0.1, 0.15) is 42.9 Å². The van der Waals surface area contributed by atoms with Gasteiger partial charge in [0.1, 0.15) is 0 Å². The van der Waals surface area contributed by atoms with Gasteiger partial charge in [-0.1, -0.05) is 24.3 Å². The van der Waals surface area contributed by atoms with Crippen LogP contribution in [0.3, 0.4) is 0 Å². The first-order valence-corrected chi connectivity index (χ1v) is 9.39. The number of benzene rings is 1. The molecule has 1 saturated heterocycles. The van der Waals surface area contributed by atoms with Gasteiger partial charge in [0.25, 0.3) is 0 Å². The van der Waals surface area contributed by atoms with Crippen LogP contribution in [0.25, 0.3) is 0 Å². The Morgan fingerprint density at radius 2 is 2.00 bits per heavy atom. The van der Waals surface area contributed by atoms with Crippen LogP contribution < -0.4 is 0 Å². The number of hydrogen-bond donors (Lipinski definition) is 1. The molecule has 0 spiro atoms. The number of ether oxygens (including phenoxy) is 1. The lowest BCUT2D eigenvalue weighted by Crippen LogP contribution is -2.45. The molecule has 3 rings (SSSR count). The van der Waals surface area contributed by atoms with Gasteiger partial charge in [-0.3, -0.25) is 0 Å². The van der Waals surface area contributed by atoms with Gasteiger partial charge in [-0.25, -0.2) is 0 Å². The number of nitrogens with zero attached hydrogens (tertiary/aromatic N) is 2. The third-order valence-corrected chi connectivity index (χ3v) is 5.61. The zero-order valence-electron chi connectivity index (χ0n) is 15.2. The summed E-state index contributed by atoms with van der Waals surface area (Å²) >= 11 is 0. The monoisotopic (exact) mass is 332 g/mol. The number of aliphatic hydroxyl groups excluding tert-OH is 1. The largest absolute Gasteiger partial charge is 0.389 e. The van der Waals surface area contributed by atoms with E-state index in [1.54, 1.807) is 0 Å². The number of aliphatic hydroxyl groups is 1. The predicted octanol–water partition coefficient (Wildman–Crippen LogP) is 2.47. The first-order valence-electron chi connectivity index (χ1n) is 9.39. The molecule has 0 radical (unpaired) electrons. The molecule has 1 aliphatic carbocycles. The average Bonchev–Trinajstić information content (AvgIpc) is 2.60. The van der Waals surface area contributed by atoms with Crippen LogP contribution in [-0.2, 0) is 11.2 Å². The molecule has 0 bridgehead atoms. The van der Waals surface area contributed by atoms with Gasteiger partial charge in [0.05, 0.1) is 18.8 Å². The molecule has 0 amide bonds. The first kappa shape index (κ1) is 17.9. The van der Waals surface area contributed by atoms with E-state index < -0.39 is 6.10 Å². The number of piperidine rings is 1. The molecule has 0 aromatic heterocycles. The predicted molar refractivity (Wildman–Crippen MR) is 97.2 cm³/mol. The van der Waals surface area contributed by atoms with E-state index in [2.05, 4.69) is 48.2 Å². The van der Waals surface area contributed by atoms with E-state index in [-0.39, 0.29) is 6.10 Å². The highest BCUT2D eigenvalue weighted by Gasteiger charge is 2.24. The Hall–Kier alpha value is -0.940. The van der Waals surface area contributed by atoms with Gasteiger partial charge in [-0.2, -0.15) is 0 Å². The van der Waals surface area contributed by atoms with Gasteiger partial charge in [-0.15, -0.1) is 0 Å². The zero-order valence-corrected chi connectivity index (χ0v) is 15.2. The first-order chi connectivity index (χ1) is 11.6. The van der Waals surface area contributed by atoms with E-state index >= 15 is 0 Å². The fourth-order valence-corrected chi connectivity index (χ4v) is 4.08. The third kappa shape index (κ3) is 4.57. The molecule has 4 nitrogen and oxygen atoms in total. The molecule has 134 valence electrons. The second kappa shape index (κ2) is 8.43. The standard InChI is InChI=1S/C20H32N2O2/c1-21-12-10-17(11-13-21)22(2)14-18(23)15-24-20-9-5-7-16-6-3-4-8-19(16)20/h3-4,6,8,17-18,20,23H,5,7,9-15H2,1-2H3/t18-,20-/m0/s1. The molecule has 1 N–H and O–H groups in total. The van der Waals surface area contributed by atoms with Gasteiger partial charge < -0.3 is 19.6 Å². The molecule has 0 unspecified atom stereocenters. The van der Waals surface area contributed by atoms with E-state index in [9.17, 15) is 5.11 Å². The Morgan fingerprint density at radius 3 is 2.79 bits per heavy atom. The number of aryl methyl sites for hydroxylation is 1. The van der Waals surface area contributed by atoms with Gasteiger partial charge in [0.2, 0.25) is 0 Å². The molecule has 24 heavy (non-hydrogen) atoms. The maximum Gasteiger partial charge on any atom is 0.0900 e. The highest BCUT2D eigenvalue weighted by Crippen LogP contribution is 2.32. The Bertz CT molecular complexity index is 514. The number of likely N-dealkylation sites (tertiary alicyclic amines) is 1. The van der Waals surface area contributed by atoms with Crippen LogP contribution in [0.5, 0.6) is 0 Å². The molecular formula is C20H32N2O2. The van der Waals surface area contributed by atoms with Crippen molar-refractivity contribution in [2.24, 2.45) is 0 Å². The maximum absolute atomic E-state index is 10.4. The van der Waals surface area contributed by atoms with E-state index in [4.69, 9.17) is 4.74 Å².